The summed E-state index contributed by atoms with van der Waals surface area (Å²) in [5, 5.41) is 13.0. The molecule has 1 aromatic carbocycles. The molecule has 3 heterocycles. The quantitative estimate of drug-likeness (QED) is 0.676. The van der Waals surface area contributed by atoms with Crippen molar-refractivity contribution >= 4 is 17.7 Å². The second-order valence-electron chi connectivity index (χ2n) is 11.0. The molecule has 9 heteroatoms. The first-order chi connectivity index (χ1) is 16.8. The number of nitrogens with zero attached hydrogens (tertiary/aromatic N) is 4. The Bertz CT molecular complexity index is 1050. The Hall–Kier alpha value is -2.16. The van der Waals surface area contributed by atoms with Gasteiger partial charge in [-0.05, 0) is 76.6 Å². The first-order valence-corrected chi connectivity index (χ1v) is 13.2. The minimum atomic E-state index is -0.552. The Labute approximate surface area is 212 Å². The maximum absolute atomic E-state index is 12.5. The van der Waals surface area contributed by atoms with E-state index in [-0.39, 0.29) is 6.04 Å². The van der Waals surface area contributed by atoms with Gasteiger partial charge in [-0.1, -0.05) is 11.6 Å². The van der Waals surface area contributed by atoms with Crippen LogP contribution in [0.4, 0.5) is 4.79 Å². The van der Waals surface area contributed by atoms with E-state index in [1.54, 1.807) is 0 Å². The van der Waals surface area contributed by atoms with Crippen LogP contribution in [0.3, 0.4) is 0 Å². The van der Waals surface area contributed by atoms with Gasteiger partial charge in [0.1, 0.15) is 17.2 Å². The van der Waals surface area contributed by atoms with Gasteiger partial charge in [-0.2, -0.15) is 0 Å². The molecule has 1 saturated heterocycles. The first-order valence-electron chi connectivity index (χ1n) is 12.8. The third kappa shape index (κ3) is 5.65. The highest BCUT2D eigenvalue weighted by Gasteiger charge is 2.33. The van der Waals surface area contributed by atoms with Gasteiger partial charge in [0.05, 0.1) is 18.9 Å². The standard InChI is InChI=1S/C26H36ClN5O3/c1-26(2,3)35-25(33)28-20-15-18-14-19(27)6-9-22(18)32-23(16-20)29-30-24(32)17-4-7-21(8-5-17)31-10-12-34-13-11-31/h6,9,14,17,20-21H,4-5,7-8,10-13,15-16H2,1-3H3,(H,28,33)/t17-,20?,21-. The predicted molar refractivity (Wildman–Crippen MR) is 134 cm³/mol. The number of ether oxygens (including phenoxy) is 2. The lowest BCUT2D eigenvalue weighted by Crippen LogP contribution is -2.44. The zero-order valence-corrected chi connectivity index (χ0v) is 21.7. The summed E-state index contributed by atoms with van der Waals surface area (Å²) in [6.45, 7) is 9.36. The highest BCUT2D eigenvalue weighted by molar-refractivity contribution is 6.30. The number of nitrogens with one attached hydrogen (secondary N) is 1. The summed E-state index contributed by atoms with van der Waals surface area (Å²) in [6.07, 6.45) is 5.36. The van der Waals surface area contributed by atoms with Crippen molar-refractivity contribution in [3.63, 3.8) is 0 Å². The first kappa shape index (κ1) is 24.5. The van der Waals surface area contributed by atoms with Gasteiger partial charge < -0.3 is 14.8 Å². The molecule has 2 fully saturated rings. The minimum Gasteiger partial charge on any atom is -0.444 e. The molecule has 2 aromatic rings. The van der Waals surface area contributed by atoms with Crippen molar-refractivity contribution in [1.82, 2.24) is 25.0 Å². The third-order valence-corrected chi connectivity index (χ3v) is 7.51. The van der Waals surface area contributed by atoms with Gasteiger partial charge >= 0.3 is 6.09 Å². The number of morpholine rings is 1. The Balaban J connectivity index is 1.37. The highest BCUT2D eigenvalue weighted by Crippen LogP contribution is 2.37. The number of aromatic nitrogens is 3. The Morgan fingerprint density at radius 2 is 1.86 bits per heavy atom. The molecule has 0 radical (unpaired) electrons. The molecule has 1 aromatic heterocycles. The number of fused-ring (bicyclic) bond motifs is 3. The summed E-state index contributed by atoms with van der Waals surface area (Å²) in [7, 11) is 0. The van der Waals surface area contributed by atoms with E-state index >= 15 is 0 Å². The van der Waals surface area contributed by atoms with Crippen LogP contribution in [-0.2, 0) is 22.3 Å². The molecule has 1 saturated carbocycles. The van der Waals surface area contributed by atoms with Gasteiger partial charge in [-0.15, -0.1) is 10.2 Å². The Morgan fingerprint density at radius 3 is 2.57 bits per heavy atom. The molecule has 1 unspecified atom stereocenters. The smallest absolute Gasteiger partial charge is 0.407 e. The van der Waals surface area contributed by atoms with Gasteiger partial charge in [-0.3, -0.25) is 9.47 Å². The van der Waals surface area contributed by atoms with Crippen LogP contribution in [0.5, 0.6) is 0 Å². The van der Waals surface area contributed by atoms with Crippen LogP contribution in [0.25, 0.3) is 5.69 Å². The zero-order chi connectivity index (χ0) is 24.6. The highest BCUT2D eigenvalue weighted by atomic mass is 35.5. The normalized spacial score (nSPS) is 25.3. The number of hydrogen-bond acceptors (Lipinski definition) is 6. The van der Waals surface area contributed by atoms with Crippen molar-refractivity contribution in [2.45, 2.75) is 82.9 Å². The molecule has 8 nitrogen and oxygen atoms in total. The van der Waals surface area contributed by atoms with E-state index in [1.807, 2.05) is 32.9 Å². The maximum atomic E-state index is 12.5. The van der Waals surface area contributed by atoms with Crippen molar-refractivity contribution in [3.8, 4) is 5.69 Å². The van der Waals surface area contributed by atoms with E-state index < -0.39 is 11.7 Å². The number of amides is 1. The SMILES string of the molecule is CC(C)(C)OC(=O)NC1Cc2cc(Cl)ccc2-n2c(nnc2[C@H]2CC[C@H](N3CCOCC3)CC2)C1. The fourth-order valence-corrected chi connectivity index (χ4v) is 5.90. The van der Waals surface area contributed by atoms with Crippen molar-refractivity contribution in [2.24, 2.45) is 0 Å². The number of benzene rings is 1. The van der Waals surface area contributed by atoms with Crippen molar-refractivity contribution in [1.29, 1.82) is 0 Å². The molecule has 1 N–H and O–H groups in total. The van der Waals surface area contributed by atoms with Gasteiger partial charge in [-0.25, -0.2) is 4.79 Å². The van der Waals surface area contributed by atoms with Gasteiger partial charge in [0.15, 0.2) is 0 Å². The average Bonchev–Trinajstić information content (AvgIpc) is 3.15. The second-order valence-corrected chi connectivity index (χ2v) is 11.4. The fraction of sp³-hybridized carbons (Fsp3) is 0.654. The number of alkyl carbamates (subject to hydrolysis) is 1. The lowest BCUT2D eigenvalue weighted by molar-refractivity contribution is 0.00707. The fourth-order valence-electron chi connectivity index (χ4n) is 5.70. The minimum absolute atomic E-state index is 0.155. The van der Waals surface area contributed by atoms with Crippen LogP contribution in [0, 0.1) is 0 Å². The molecule has 35 heavy (non-hydrogen) atoms. The van der Waals surface area contributed by atoms with E-state index in [4.69, 9.17) is 26.2 Å². The van der Waals surface area contributed by atoms with Gasteiger partial charge in [0.25, 0.3) is 0 Å². The average molecular weight is 502 g/mol. The van der Waals surface area contributed by atoms with Crippen LogP contribution in [-0.4, -0.2) is 69.7 Å². The third-order valence-electron chi connectivity index (χ3n) is 7.28. The molecule has 0 spiro atoms. The summed E-state index contributed by atoms with van der Waals surface area (Å²) in [6, 6.07) is 6.45. The molecule has 0 bridgehead atoms. The number of carbonyl (C=O) groups is 1. The zero-order valence-electron chi connectivity index (χ0n) is 20.9. The second kappa shape index (κ2) is 10.1. The predicted octanol–water partition coefficient (Wildman–Crippen LogP) is 4.27. The van der Waals surface area contributed by atoms with Crippen molar-refractivity contribution < 1.29 is 14.3 Å². The van der Waals surface area contributed by atoms with E-state index in [1.165, 1.54) is 12.8 Å². The lowest BCUT2D eigenvalue weighted by atomic mass is 9.84. The lowest BCUT2D eigenvalue weighted by Gasteiger charge is -2.38. The summed E-state index contributed by atoms with van der Waals surface area (Å²) in [4.78, 5) is 15.1. The van der Waals surface area contributed by atoms with E-state index in [0.29, 0.717) is 29.8 Å². The van der Waals surface area contributed by atoms with E-state index in [2.05, 4.69) is 25.9 Å². The maximum Gasteiger partial charge on any atom is 0.407 e. The van der Waals surface area contributed by atoms with Gasteiger partial charge in [0, 0.05) is 42.5 Å². The molecule has 3 aliphatic rings. The summed E-state index contributed by atoms with van der Waals surface area (Å²) in [5.74, 6) is 2.27. The van der Waals surface area contributed by atoms with Crippen LogP contribution in [0.2, 0.25) is 5.02 Å². The number of halogens is 1. The van der Waals surface area contributed by atoms with Crippen LogP contribution in [0.1, 0.15) is 69.6 Å². The molecule has 1 atom stereocenters. The number of hydrogen-bond donors (Lipinski definition) is 1. The molecule has 190 valence electrons. The summed E-state index contributed by atoms with van der Waals surface area (Å²) < 4.78 is 13.3. The monoisotopic (exact) mass is 501 g/mol. The summed E-state index contributed by atoms with van der Waals surface area (Å²) in [5.41, 5.74) is 1.59. The van der Waals surface area contributed by atoms with Crippen LogP contribution >= 0.6 is 11.6 Å². The molecule has 2 aliphatic heterocycles. The van der Waals surface area contributed by atoms with Crippen molar-refractivity contribution in [3.05, 3.63) is 40.4 Å². The molecule has 5 rings (SSSR count). The molecular weight excluding hydrogens is 466 g/mol. The number of carbonyl (C=O) groups excluding carboxylic acids is 1. The van der Waals surface area contributed by atoms with E-state index in [0.717, 1.165) is 62.0 Å². The Kier molecular flexibility index (Phi) is 7.06. The number of rotatable bonds is 3. The topological polar surface area (TPSA) is 81.5 Å². The van der Waals surface area contributed by atoms with Crippen molar-refractivity contribution in [2.75, 3.05) is 26.3 Å². The van der Waals surface area contributed by atoms with Gasteiger partial charge in [0.2, 0.25) is 0 Å². The largest absolute Gasteiger partial charge is 0.444 e. The van der Waals surface area contributed by atoms with E-state index in [9.17, 15) is 4.79 Å². The molecule has 1 aliphatic carbocycles. The molecule has 1 amide bonds. The Morgan fingerprint density at radius 1 is 1.11 bits per heavy atom. The molecular formula is C26H36ClN5O3. The van der Waals surface area contributed by atoms with Crippen LogP contribution in [0.15, 0.2) is 18.2 Å². The summed E-state index contributed by atoms with van der Waals surface area (Å²) >= 11 is 6.38. The van der Waals surface area contributed by atoms with Crippen LogP contribution < -0.4 is 5.32 Å².